The van der Waals surface area contributed by atoms with Gasteiger partial charge in [-0.2, -0.15) is 5.26 Å². The molecule has 0 radical (unpaired) electrons. The molecule has 1 aliphatic carbocycles. The number of hydrogen-bond acceptors (Lipinski definition) is 7. The summed E-state index contributed by atoms with van der Waals surface area (Å²) in [4.78, 5) is 20.8. The number of benzene rings is 1. The molecule has 2 aliphatic rings. The molecule has 2 heterocycles. The average Bonchev–Trinajstić information content (AvgIpc) is 2.81. The first-order valence-corrected chi connectivity index (χ1v) is 11.3. The zero-order valence-electron chi connectivity index (χ0n) is 18.5. The second-order valence-corrected chi connectivity index (χ2v) is 8.66. The number of nitrogens with zero attached hydrogens (tertiary/aromatic N) is 4. The summed E-state index contributed by atoms with van der Waals surface area (Å²) in [6.07, 6.45) is 7.36. The Kier molecular flexibility index (Phi) is 6.76. The number of aromatic carboxylic acids is 1. The van der Waals surface area contributed by atoms with E-state index in [4.69, 9.17) is 0 Å². The van der Waals surface area contributed by atoms with Crippen molar-refractivity contribution in [1.29, 1.82) is 5.26 Å². The molecule has 1 saturated heterocycles. The van der Waals surface area contributed by atoms with Gasteiger partial charge in [0.1, 0.15) is 11.9 Å². The maximum atomic E-state index is 12.0. The van der Waals surface area contributed by atoms with Crippen LogP contribution in [0.25, 0.3) is 0 Å². The molecule has 8 nitrogen and oxygen atoms in total. The summed E-state index contributed by atoms with van der Waals surface area (Å²) in [5.41, 5.74) is 2.83. The predicted octanol–water partition coefficient (Wildman–Crippen LogP) is 3.89. The number of likely N-dealkylation sites (N-methyl/N-ethyl adjacent to an activating group) is 1. The Hall–Kier alpha value is -3.31. The highest BCUT2D eigenvalue weighted by Crippen LogP contribution is 2.29. The maximum absolute atomic E-state index is 12.0. The van der Waals surface area contributed by atoms with Gasteiger partial charge in [0.25, 0.3) is 0 Å². The summed E-state index contributed by atoms with van der Waals surface area (Å²) in [7, 11) is 2.09. The van der Waals surface area contributed by atoms with Crippen LogP contribution in [0.15, 0.2) is 30.5 Å². The van der Waals surface area contributed by atoms with Crippen molar-refractivity contribution in [3.05, 3.63) is 41.6 Å². The Morgan fingerprint density at radius 1 is 1.12 bits per heavy atom. The lowest BCUT2D eigenvalue weighted by Crippen LogP contribution is -2.44. The second kappa shape index (κ2) is 9.88. The molecular formula is C24H30N6O2. The second-order valence-electron chi connectivity index (χ2n) is 8.66. The fraction of sp³-hybridized carbons (Fsp3) is 0.458. The number of pyridine rings is 1. The Morgan fingerprint density at radius 3 is 2.56 bits per heavy atom. The molecule has 0 atom stereocenters. The molecule has 0 spiro atoms. The number of carboxylic acid groups (broad SMARTS) is 1. The van der Waals surface area contributed by atoms with Crippen molar-refractivity contribution in [2.75, 3.05) is 48.8 Å². The van der Waals surface area contributed by atoms with Crippen LogP contribution in [0.1, 0.15) is 48.0 Å². The van der Waals surface area contributed by atoms with Gasteiger partial charge < -0.3 is 25.5 Å². The van der Waals surface area contributed by atoms with Gasteiger partial charge in [0, 0.05) is 50.2 Å². The molecule has 1 aromatic carbocycles. The number of carboxylic acids is 1. The monoisotopic (exact) mass is 434 g/mol. The van der Waals surface area contributed by atoms with E-state index in [2.05, 4.69) is 38.5 Å². The van der Waals surface area contributed by atoms with Crippen molar-refractivity contribution in [3.8, 4) is 6.07 Å². The molecule has 2 aromatic rings. The van der Waals surface area contributed by atoms with E-state index in [-0.39, 0.29) is 5.56 Å². The van der Waals surface area contributed by atoms with Crippen LogP contribution in [0.4, 0.5) is 22.9 Å². The predicted molar refractivity (Wildman–Crippen MR) is 126 cm³/mol. The third-order valence-electron chi connectivity index (χ3n) is 6.35. The molecule has 0 unspecified atom stereocenters. The van der Waals surface area contributed by atoms with E-state index in [0.717, 1.165) is 50.4 Å². The number of rotatable bonds is 6. The molecule has 1 aromatic heterocycles. The van der Waals surface area contributed by atoms with Gasteiger partial charge in [0.2, 0.25) is 0 Å². The van der Waals surface area contributed by atoms with Gasteiger partial charge in [-0.05, 0) is 38.1 Å². The maximum Gasteiger partial charge on any atom is 0.337 e. The van der Waals surface area contributed by atoms with E-state index in [0.29, 0.717) is 23.1 Å². The van der Waals surface area contributed by atoms with Crippen molar-refractivity contribution in [2.24, 2.45) is 0 Å². The van der Waals surface area contributed by atoms with Gasteiger partial charge in [0.15, 0.2) is 0 Å². The van der Waals surface area contributed by atoms with Crippen LogP contribution in [-0.2, 0) is 0 Å². The first-order chi connectivity index (χ1) is 15.5. The number of nitrogens with one attached hydrogen (secondary N) is 2. The number of piperazine rings is 1. The Labute approximate surface area is 188 Å². The zero-order valence-corrected chi connectivity index (χ0v) is 18.5. The van der Waals surface area contributed by atoms with Crippen LogP contribution >= 0.6 is 0 Å². The lowest BCUT2D eigenvalue weighted by Gasteiger charge is -2.34. The summed E-state index contributed by atoms with van der Waals surface area (Å²) in [5.74, 6) is -0.477. The van der Waals surface area contributed by atoms with Crippen LogP contribution in [0.3, 0.4) is 0 Å². The standard InChI is InChI=1S/C24H30N6O2/c1-29-9-11-30(12-10-29)19-7-8-21(20(13-19)24(31)32)28-23-14-22(17(15-25)16-26-23)27-18-5-3-2-4-6-18/h7-8,13-14,16,18H,2-6,9-12H2,1H3,(H,31,32)(H2,26,27,28). The SMILES string of the molecule is CN1CCN(c2ccc(Nc3cc(NC4CCCCC4)c(C#N)cn3)c(C(=O)O)c2)CC1. The molecule has 1 aliphatic heterocycles. The smallest absolute Gasteiger partial charge is 0.337 e. The van der Waals surface area contributed by atoms with Gasteiger partial charge in [-0.25, -0.2) is 9.78 Å². The number of hydrogen-bond donors (Lipinski definition) is 3. The molecule has 0 bridgehead atoms. The number of nitriles is 1. The van der Waals surface area contributed by atoms with Crippen molar-refractivity contribution in [2.45, 2.75) is 38.1 Å². The van der Waals surface area contributed by atoms with Crippen molar-refractivity contribution in [1.82, 2.24) is 9.88 Å². The minimum Gasteiger partial charge on any atom is -0.478 e. The molecule has 3 N–H and O–H groups in total. The van der Waals surface area contributed by atoms with Crippen molar-refractivity contribution >= 4 is 28.8 Å². The van der Waals surface area contributed by atoms with Crippen molar-refractivity contribution in [3.63, 3.8) is 0 Å². The minimum absolute atomic E-state index is 0.203. The van der Waals surface area contributed by atoms with Crippen LogP contribution in [0, 0.1) is 11.3 Å². The molecule has 4 rings (SSSR count). The number of aromatic nitrogens is 1. The van der Waals surface area contributed by atoms with Crippen LogP contribution in [0.2, 0.25) is 0 Å². The highest BCUT2D eigenvalue weighted by Gasteiger charge is 2.19. The van der Waals surface area contributed by atoms with E-state index in [9.17, 15) is 15.2 Å². The van der Waals surface area contributed by atoms with Gasteiger partial charge in [-0.15, -0.1) is 0 Å². The quantitative estimate of drug-likeness (QED) is 0.629. The van der Waals surface area contributed by atoms with E-state index in [1.807, 2.05) is 6.07 Å². The molecule has 32 heavy (non-hydrogen) atoms. The summed E-state index contributed by atoms with van der Waals surface area (Å²) < 4.78 is 0. The van der Waals surface area contributed by atoms with E-state index < -0.39 is 5.97 Å². The molecule has 0 amide bonds. The lowest BCUT2D eigenvalue weighted by atomic mass is 9.95. The first-order valence-electron chi connectivity index (χ1n) is 11.3. The van der Waals surface area contributed by atoms with Crippen LogP contribution in [0.5, 0.6) is 0 Å². The normalized spacial score (nSPS) is 17.6. The van der Waals surface area contributed by atoms with Crippen LogP contribution < -0.4 is 15.5 Å². The molecular weight excluding hydrogens is 404 g/mol. The highest BCUT2D eigenvalue weighted by molar-refractivity contribution is 5.96. The molecule has 8 heteroatoms. The highest BCUT2D eigenvalue weighted by atomic mass is 16.4. The molecule has 2 fully saturated rings. The Bertz CT molecular complexity index is 1000. The fourth-order valence-electron chi connectivity index (χ4n) is 4.42. The van der Waals surface area contributed by atoms with E-state index >= 15 is 0 Å². The Morgan fingerprint density at radius 2 is 1.88 bits per heavy atom. The average molecular weight is 435 g/mol. The van der Waals surface area contributed by atoms with Crippen molar-refractivity contribution < 1.29 is 9.90 Å². The Balaban J connectivity index is 1.55. The van der Waals surface area contributed by atoms with E-state index in [1.54, 1.807) is 18.2 Å². The third-order valence-corrected chi connectivity index (χ3v) is 6.35. The number of anilines is 4. The lowest BCUT2D eigenvalue weighted by molar-refractivity contribution is 0.0698. The topological polar surface area (TPSA) is 105 Å². The summed E-state index contributed by atoms with van der Waals surface area (Å²) in [5, 5.41) is 25.9. The minimum atomic E-state index is -0.988. The van der Waals surface area contributed by atoms with Gasteiger partial charge in [-0.1, -0.05) is 19.3 Å². The van der Waals surface area contributed by atoms with Crippen LogP contribution in [-0.4, -0.2) is 60.2 Å². The summed E-state index contributed by atoms with van der Waals surface area (Å²) in [6.45, 7) is 3.65. The zero-order chi connectivity index (χ0) is 22.5. The summed E-state index contributed by atoms with van der Waals surface area (Å²) in [6, 6.07) is 9.82. The third kappa shape index (κ3) is 5.11. The fourth-order valence-corrected chi connectivity index (χ4v) is 4.42. The van der Waals surface area contributed by atoms with Gasteiger partial charge >= 0.3 is 5.97 Å². The molecule has 1 saturated carbocycles. The molecule has 168 valence electrons. The number of carbonyl (C=O) groups is 1. The first kappa shape index (κ1) is 21.9. The van der Waals surface area contributed by atoms with E-state index in [1.165, 1.54) is 25.5 Å². The van der Waals surface area contributed by atoms with Gasteiger partial charge in [-0.3, -0.25) is 0 Å². The summed E-state index contributed by atoms with van der Waals surface area (Å²) >= 11 is 0. The van der Waals surface area contributed by atoms with Gasteiger partial charge in [0.05, 0.1) is 22.5 Å². The largest absolute Gasteiger partial charge is 0.478 e.